The predicted molar refractivity (Wildman–Crippen MR) is 92.0 cm³/mol. The third-order valence-electron chi connectivity index (χ3n) is 6.20. The number of para-hydroxylation sites is 1. The van der Waals surface area contributed by atoms with E-state index in [2.05, 4.69) is 40.9 Å². The zero-order chi connectivity index (χ0) is 16.7. The van der Waals surface area contributed by atoms with Crippen LogP contribution < -0.4 is 4.74 Å². The minimum atomic E-state index is -0.217. The molecule has 5 heterocycles. The molecule has 4 aliphatic rings. The summed E-state index contributed by atoms with van der Waals surface area (Å²) in [5.41, 5.74) is 1.92. The van der Waals surface area contributed by atoms with Crippen molar-refractivity contribution in [3.05, 3.63) is 30.0 Å². The summed E-state index contributed by atoms with van der Waals surface area (Å²) in [5.74, 6) is 1.34. The maximum absolute atomic E-state index is 12.8. The topological polar surface area (TPSA) is 48.6 Å². The number of Topliss-reactive ketones (excluding diaryl/α,β-unsaturated/α-hetero) is 1. The predicted octanol–water partition coefficient (Wildman–Crippen LogP) is 2.40. The van der Waals surface area contributed by atoms with Gasteiger partial charge in [0.1, 0.15) is 11.5 Å². The summed E-state index contributed by atoms with van der Waals surface area (Å²) >= 11 is 0. The lowest BCUT2D eigenvalue weighted by Gasteiger charge is -2.64. The molecule has 4 aliphatic heterocycles. The molecular formula is C19H23N3O2. The summed E-state index contributed by atoms with van der Waals surface area (Å²) in [4.78, 5) is 21.2. The number of aromatic amines is 1. The van der Waals surface area contributed by atoms with E-state index in [0.29, 0.717) is 5.78 Å². The number of nitrogens with zero attached hydrogens (tertiary/aromatic N) is 2. The van der Waals surface area contributed by atoms with E-state index in [9.17, 15) is 4.79 Å². The molecule has 0 amide bonds. The van der Waals surface area contributed by atoms with Crippen molar-refractivity contribution in [3.8, 4) is 5.75 Å². The molecule has 5 heteroatoms. The molecule has 0 saturated carbocycles. The standard InChI is InChI=1S/C19H23N3O2/c1-18-8-21-10-19(2,17(18)23)11-22(9-18)16(21)13-7-20-15-12(13)5-4-6-14(15)24-3/h4-7,16,20H,8-11H2,1-3H3. The maximum atomic E-state index is 12.8. The largest absolute Gasteiger partial charge is 0.495 e. The first-order valence-electron chi connectivity index (χ1n) is 8.62. The molecule has 1 N–H and O–H groups in total. The molecule has 4 bridgehead atoms. The van der Waals surface area contributed by atoms with Crippen molar-refractivity contribution >= 4 is 16.7 Å². The number of benzene rings is 1. The third-order valence-corrected chi connectivity index (χ3v) is 6.20. The van der Waals surface area contributed by atoms with Gasteiger partial charge >= 0.3 is 0 Å². The lowest BCUT2D eigenvalue weighted by Crippen LogP contribution is -2.75. The van der Waals surface area contributed by atoms with Gasteiger partial charge in [-0.25, -0.2) is 0 Å². The van der Waals surface area contributed by atoms with Crippen molar-refractivity contribution in [2.24, 2.45) is 10.8 Å². The average Bonchev–Trinajstić information content (AvgIpc) is 2.95. The summed E-state index contributed by atoms with van der Waals surface area (Å²) in [7, 11) is 1.71. The Hall–Kier alpha value is -1.85. The van der Waals surface area contributed by atoms with E-state index in [1.165, 1.54) is 10.9 Å². The van der Waals surface area contributed by atoms with Gasteiger partial charge in [-0.15, -0.1) is 0 Å². The number of methoxy groups -OCH3 is 1. The second-order valence-electron chi connectivity index (χ2n) is 8.26. The third kappa shape index (κ3) is 1.64. The summed E-state index contributed by atoms with van der Waals surface area (Å²) in [5, 5.41) is 1.22. The number of ketones is 1. The van der Waals surface area contributed by atoms with Gasteiger partial charge in [0.05, 0.1) is 29.6 Å². The second-order valence-corrected chi connectivity index (χ2v) is 8.26. The van der Waals surface area contributed by atoms with Gasteiger partial charge in [0, 0.05) is 43.3 Å². The van der Waals surface area contributed by atoms with E-state index in [4.69, 9.17) is 4.74 Å². The van der Waals surface area contributed by atoms with Crippen LogP contribution in [0, 0.1) is 10.8 Å². The van der Waals surface area contributed by atoms with Crippen LogP contribution in [0.1, 0.15) is 25.6 Å². The minimum Gasteiger partial charge on any atom is -0.495 e. The van der Waals surface area contributed by atoms with Gasteiger partial charge in [0.15, 0.2) is 0 Å². The number of hydrogen-bond acceptors (Lipinski definition) is 4. The molecule has 0 radical (unpaired) electrons. The molecule has 0 aliphatic carbocycles. The van der Waals surface area contributed by atoms with E-state index >= 15 is 0 Å². The van der Waals surface area contributed by atoms with Crippen molar-refractivity contribution < 1.29 is 9.53 Å². The molecule has 0 atom stereocenters. The molecule has 2 aromatic rings. The van der Waals surface area contributed by atoms with Crippen LogP contribution in [0.4, 0.5) is 0 Å². The van der Waals surface area contributed by atoms with E-state index in [-0.39, 0.29) is 17.0 Å². The fourth-order valence-electron chi connectivity index (χ4n) is 5.52. The van der Waals surface area contributed by atoms with Crippen molar-refractivity contribution in [2.75, 3.05) is 33.3 Å². The van der Waals surface area contributed by atoms with Crippen LogP contribution in [0.3, 0.4) is 0 Å². The summed E-state index contributed by atoms with van der Waals surface area (Å²) in [6.07, 6.45) is 2.37. The van der Waals surface area contributed by atoms with Gasteiger partial charge in [-0.3, -0.25) is 14.6 Å². The quantitative estimate of drug-likeness (QED) is 0.921. The number of rotatable bonds is 2. The first-order chi connectivity index (χ1) is 11.5. The fraction of sp³-hybridized carbons (Fsp3) is 0.526. The van der Waals surface area contributed by atoms with E-state index in [0.717, 1.165) is 37.4 Å². The van der Waals surface area contributed by atoms with E-state index < -0.39 is 0 Å². The number of hydrogen-bond donors (Lipinski definition) is 1. The van der Waals surface area contributed by atoms with Crippen molar-refractivity contribution in [1.82, 2.24) is 14.8 Å². The monoisotopic (exact) mass is 325 g/mol. The summed E-state index contributed by atoms with van der Waals surface area (Å²) in [6, 6.07) is 6.19. The Morgan fingerprint density at radius 2 is 1.75 bits per heavy atom. The molecule has 0 spiro atoms. The Morgan fingerprint density at radius 1 is 1.12 bits per heavy atom. The van der Waals surface area contributed by atoms with Gasteiger partial charge in [0.2, 0.25) is 0 Å². The van der Waals surface area contributed by atoms with Crippen molar-refractivity contribution in [3.63, 3.8) is 0 Å². The Kier molecular flexibility index (Phi) is 2.66. The number of ether oxygens (including phenoxy) is 1. The van der Waals surface area contributed by atoms with Crippen LogP contribution in [-0.2, 0) is 4.79 Å². The highest BCUT2D eigenvalue weighted by Gasteiger charge is 2.62. The number of fused-ring (bicyclic) bond motifs is 1. The van der Waals surface area contributed by atoms with Gasteiger partial charge in [-0.1, -0.05) is 26.0 Å². The Labute approximate surface area is 141 Å². The molecule has 1 aromatic heterocycles. The Balaban J connectivity index is 1.62. The maximum Gasteiger partial charge on any atom is 0.149 e. The molecule has 126 valence electrons. The lowest BCUT2D eigenvalue weighted by atomic mass is 9.62. The summed E-state index contributed by atoms with van der Waals surface area (Å²) < 4.78 is 5.49. The van der Waals surface area contributed by atoms with Crippen LogP contribution in [0.15, 0.2) is 24.4 Å². The number of carbonyl (C=O) groups excluding carboxylic acids is 1. The number of carbonyl (C=O) groups is 1. The smallest absolute Gasteiger partial charge is 0.149 e. The molecule has 24 heavy (non-hydrogen) atoms. The van der Waals surface area contributed by atoms with Gasteiger partial charge in [-0.05, 0) is 6.07 Å². The Morgan fingerprint density at radius 3 is 2.33 bits per heavy atom. The normalized spacial score (nSPS) is 40.5. The zero-order valence-corrected chi connectivity index (χ0v) is 14.4. The van der Waals surface area contributed by atoms with Crippen LogP contribution >= 0.6 is 0 Å². The molecule has 6 rings (SSSR count). The minimum absolute atomic E-state index is 0.217. The SMILES string of the molecule is COc1cccc2c(C3N4CC5(C)CN3CC(C)(C4)C5=O)c[nH]c12. The first-order valence-corrected chi connectivity index (χ1v) is 8.62. The Bertz CT molecular complexity index is 815. The van der Waals surface area contributed by atoms with Crippen molar-refractivity contribution in [2.45, 2.75) is 20.0 Å². The van der Waals surface area contributed by atoms with Crippen LogP contribution in [0.25, 0.3) is 10.9 Å². The molecule has 4 saturated heterocycles. The van der Waals surface area contributed by atoms with E-state index in [1.807, 2.05) is 12.1 Å². The van der Waals surface area contributed by atoms with Crippen molar-refractivity contribution in [1.29, 1.82) is 0 Å². The van der Waals surface area contributed by atoms with Gasteiger partial charge in [0.25, 0.3) is 0 Å². The number of H-pyrrole nitrogens is 1. The molecule has 4 fully saturated rings. The molecule has 0 unspecified atom stereocenters. The highest BCUT2D eigenvalue weighted by molar-refractivity contribution is 5.93. The van der Waals surface area contributed by atoms with E-state index in [1.54, 1.807) is 7.11 Å². The average molecular weight is 325 g/mol. The highest BCUT2D eigenvalue weighted by Crippen LogP contribution is 2.52. The molecular weight excluding hydrogens is 302 g/mol. The zero-order valence-electron chi connectivity index (χ0n) is 14.4. The lowest BCUT2D eigenvalue weighted by molar-refractivity contribution is -0.196. The molecule has 1 aromatic carbocycles. The second kappa shape index (κ2) is 4.41. The molecule has 5 nitrogen and oxygen atoms in total. The number of aromatic nitrogens is 1. The summed E-state index contributed by atoms with van der Waals surface area (Å²) in [6.45, 7) is 7.72. The highest BCUT2D eigenvalue weighted by atomic mass is 16.5. The van der Waals surface area contributed by atoms with Gasteiger partial charge in [-0.2, -0.15) is 0 Å². The van der Waals surface area contributed by atoms with Crippen LogP contribution in [0.2, 0.25) is 0 Å². The van der Waals surface area contributed by atoms with Gasteiger partial charge < -0.3 is 9.72 Å². The van der Waals surface area contributed by atoms with Crippen LogP contribution in [-0.4, -0.2) is 53.9 Å². The fourth-order valence-corrected chi connectivity index (χ4v) is 5.52. The van der Waals surface area contributed by atoms with Crippen LogP contribution in [0.5, 0.6) is 5.75 Å². The first kappa shape index (κ1) is 14.5. The number of nitrogens with one attached hydrogen (secondary N) is 1. The number of piperidine rings is 2.